The molecule has 2 heterocycles. The van der Waals surface area contributed by atoms with Gasteiger partial charge < -0.3 is 20.2 Å². The van der Waals surface area contributed by atoms with Crippen molar-refractivity contribution in [2.75, 3.05) is 10.6 Å². The van der Waals surface area contributed by atoms with Crippen LogP contribution in [0.4, 0.5) is 11.4 Å². The van der Waals surface area contributed by atoms with Gasteiger partial charge in [-0.3, -0.25) is 14.7 Å². The number of phenols is 1. The Bertz CT molecular complexity index is 1570. The van der Waals surface area contributed by atoms with Crippen molar-refractivity contribution in [2.24, 2.45) is 0 Å². The lowest BCUT2D eigenvalue weighted by atomic mass is 10.1. The quantitative estimate of drug-likeness (QED) is 0.221. The van der Waals surface area contributed by atoms with Crippen molar-refractivity contribution in [1.82, 2.24) is 10.2 Å². The van der Waals surface area contributed by atoms with E-state index in [4.69, 9.17) is 27.6 Å². The minimum absolute atomic E-state index is 0.0326. The molecule has 0 saturated heterocycles. The van der Waals surface area contributed by atoms with Crippen LogP contribution in [0.2, 0.25) is 10.0 Å². The maximum absolute atomic E-state index is 13.1. The fourth-order valence-electron chi connectivity index (χ4n) is 3.52. The summed E-state index contributed by atoms with van der Waals surface area (Å²) < 4.78 is 5.77. The molecule has 8 nitrogen and oxygen atoms in total. The number of hydrogen-bond donors (Lipinski definition) is 4. The normalized spacial score (nSPS) is 10.9. The molecule has 0 spiro atoms. The Morgan fingerprint density at radius 1 is 0.886 bits per heavy atom. The first kappa shape index (κ1) is 22.5. The largest absolute Gasteiger partial charge is 0.507 e. The molecule has 4 N–H and O–H groups in total. The second-order valence-corrected chi connectivity index (χ2v) is 8.42. The van der Waals surface area contributed by atoms with Crippen LogP contribution in [0, 0.1) is 0 Å². The van der Waals surface area contributed by atoms with Crippen molar-refractivity contribution in [3.8, 4) is 17.0 Å². The van der Waals surface area contributed by atoms with E-state index in [1.165, 1.54) is 18.2 Å². The Morgan fingerprint density at radius 3 is 2.43 bits per heavy atom. The third-order valence-corrected chi connectivity index (χ3v) is 5.69. The van der Waals surface area contributed by atoms with Crippen LogP contribution in [0.1, 0.15) is 21.0 Å². The number of aromatic hydroxyl groups is 1. The molecule has 10 heteroatoms. The number of anilines is 2. The number of carbonyl (C=O) groups excluding carboxylic acids is 2. The summed E-state index contributed by atoms with van der Waals surface area (Å²) in [6, 6.07) is 19.5. The number of amides is 2. The molecule has 2 amide bonds. The first-order valence-electron chi connectivity index (χ1n) is 10.3. The molecule has 0 aliphatic heterocycles. The van der Waals surface area contributed by atoms with Crippen LogP contribution in [-0.4, -0.2) is 27.1 Å². The number of halogens is 2. The standard InChI is InChI=1S/C25H16Cl2N4O4/c26-13-5-8-15(9-6-13)28-25(34)23-22(16-3-1-2-4-21(16)35-23)29-24(33)19-12-18(30-31-19)17-11-14(27)7-10-20(17)32/h1-12,32H,(H,28,34)(H,29,33)(H,30,31). The third-order valence-electron chi connectivity index (χ3n) is 5.20. The van der Waals surface area contributed by atoms with Gasteiger partial charge in [0.15, 0.2) is 0 Å². The SMILES string of the molecule is O=C(Nc1c(C(=O)Nc2ccc(Cl)cc2)oc2ccccc12)c1cc(-c2cc(Cl)ccc2O)n[nH]1. The van der Waals surface area contributed by atoms with Crippen molar-refractivity contribution in [3.63, 3.8) is 0 Å². The zero-order valence-electron chi connectivity index (χ0n) is 17.8. The van der Waals surface area contributed by atoms with E-state index in [-0.39, 0.29) is 22.9 Å². The number of nitrogens with one attached hydrogen (secondary N) is 3. The average Bonchev–Trinajstić information content (AvgIpc) is 3.48. The Morgan fingerprint density at radius 2 is 1.63 bits per heavy atom. The highest BCUT2D eigenvalue weighted by molar-refractivity contribution is 6.31. The number of carbonyl (C=O) groups is 2. The number of nitrogens with zero attached hydrogens (tertiary/aromatic N) is 1. The van der Waals surface area contributed by atoms with Gasteiger partial charge in [-0.2, -0.15) is 5.10 Å². The molecule has 174 valence electrons. The monoisotopic (exact) mass is 506 g/mol. The number of para-hydroxylation sites is 1. The van der Waals surface area contributed by atoms with Crippen LogP contribution in [0.5, 0.6) is 5.75 Å². The first-order chi connectivity index (χ1) is 16.9. The number of aromatic amines is 1. The minimum atomic E-state index is -0.558. The van der Waals surface area contributed by atoms with E-state index < -0.39 is 11.8 Å². The average molecular weight is 507 g/mol. The van der Waals surface area contributed by atoms with Gasteiger partial charge >= 0.3 is 0 Å². The number of benzene rings is 3. The zero-order chi connectivity index (χ0) is 24.5. The molecule has 0 radical (unpaired) electrons. The van der Waals surface area contributed by atoms with E-state index in [0.29, 0.717) is 38.0 Å². The molecular formula is C25H16Cl2N4O4. The molecule has 5 aromatic rings. The van der Waals surface area contributed by atoms with Crippen LogP contribution in [0.3, 0.4) is 0 Å². The van der Waals surface area contributed by atoms with Crippen molar-refractivity contribution in [2.45, 2.75) is 0 Å². The van der Waals surface area contributed by atoms with Gasteiger partial charge in [-0.15, -0.1) is 0 Å². The van der Waals surface area contributed by atoms with Crippen LogP contribution < -0.4 is 10.6 Å². The fraction of sp³-hybridized carbons (Fsp3) is 0. The molecule has 5 rings (SSSR count). The Hall–Kier alpha value is -4.27. The molecule has 0 saturated carbocycles. The Kier molecular flexibility index (Phi) is 5.90. The van der Waals surface area contributed by atoms with Gasteiger partial charge in [-0.25, -0.2) is 0 Å². The van der Waals surface area contributed by atoms with Gasteiger partial charge in [0.25, 0.3) is 11.8 Å². The number of fused-ring (bicyclic) bond motifs is 1. The molecule has 0 unspecified atom stereocenters. The van der Waals surface area contributed by atoms with Crippen LogP contribution in [0.25, 0.3) is 22.2 Å². The number of H-pyrrole nitrogens is 1. The summed E-state index contributed by atoms with van der Waals surface area (Å²) in [6.45, 7) is 0. The highest BCUT2D eigenvalue weighted by Crippen LogP contribution is 2.33. The molecule has 2 aromatic heterocycles. The topological polar surface area (TPSA) is 120 Å². The molecule has 0 aliphatic rings. The van der Waals surface area contributed by atoms with Gasteiger partial charge in [0.2, 0.25) is 5.76 Å². The summed E-state index contributed by atoms with van der Waals surface area (Å²) in [6.07, 6.45) is 0. The smallest absolute Gasteiger partial charge is 0.293 e. The Balaban J connectivity index is 1.45. The lowest BCUT2D eigenvalue weighted by Crippen LogP contribution is -2.17. The van der Waals surface area contributed by atoms with Gasteiger partial charge in [0, 0.05) is 26.7 Å². The van der Waals surface area contributed by atoms with E-state index in [0.717, 1.165) is 0 Å². The second kappa shape index (κ2) is 9.17. The summed E-state index contributed by atoms with van der Waals surface area (Å²) >= 11 is 11.9. The summed E-state index contributed by atoms with van der Waals surface area (Å²) in [4.78, 5) is 26.1. The Labute approximate surface area is 208 Å². The van der Waals surface area contributed by atoms with E-state index in [1.807, 2.05) is 0 Å². The van der Waals surface area contributed by atoms with E-state index in [2.05, 4.69) is 20.8 Å². The maximum atomic E-state index is 13.1. The van der Waals surface area contributed by atoms with E-state index in [1.54, 1.807) is 54.6 Å². The molecule has 0 fully saturated rings. The lowest BCUT2D eigenvalue weighted by molar-refractivity contribution is 0.0999. The summed E-state index contributed by atoms with van der Waals surface area (Å²) in [7, 11) is 0. The number of phenolic OH excluding ortho intramolecular Hbond substituents is 1. The van der Waals surface area contributed by atoms with E-state index in [9.17, 15) is 14.7 Å². The number of rotatable bonds is 5. The van der Waals surface area contributed by atoms with Gasteiger partial charge in [0.1, 0.15) is 22.7 Å². The van der Waals surface area contributed by atoms with Crippen LogP contribution in [0.15, 0.2) is 77.2 Å². The summed E-state index contributed by atoms with van der Waals surface area (Å²) in [5.41, 5.74) is 1.94. The van der Waals surface area contributed by atoms with Crippen LogP contribution in [-0.2, 0) is 0 Å². The number of aromatic nitrogens is 2. The van der Waals surface area contributed by atoms with Crippen molar-refractivity contribution in [3.05, 3.63) is 94.3 Å². The summed E-state index contributed by atoms with van der Waals surface area (Å²) in [5, 5.41) is 23.8. The number of hydrogen-bond acceptors (Lipinski definition) is 5. The second-order valence-electron chi connectivity index (χ2n) is 7.55. The molecule has 0 bridgehead atoms. The predicted octanol–water partition coefficient (Wildman–Crippen LogP) is 6.34. The highest BCUT2D eigenvalue weighted by Gasteiger charge is 2.24. The van der Waals surface area contributed by atoms with Crippen molar-refractivity contribution >= 4 is 57.4 Å². The maximum Gasteiger partial charge on any atom is 0.293 e. The minimum Gasteiger partial charge on any atom is -0.507 e. The molecule has 3 aromatic carbocycles. The van der Waals surface area contributed by atoms with Gasteiger partial charge in [-0.1, -0.05) is 35.3 Å². The van der Waals surface area contributed by atoms with Crippen molar-refractivity contribution < 1.29 is 19.1 Å². The molecule has 0 aliphatic carbocycles. The van der Waals surface area contributed by atoms with Crippen molar-refractivity contribution in [1.29, 1.82) is 0 Å². The zero-order valence-corrected chi connectivity index (χ0v) is 19.3. The lowest BCUT2D eigenvalue weighted by Gasteiger charge is -2.07. The highest BCUT2D eigenvalue weighted by atomic mass is 35.5. The number of furan rings is 1. The fourth-order valence-corrected chi connectivity index (χ4v) is 3.82. The van der Waals surface area contributed by atoms with Gasteiger partial charge in [0.05, 0.1) is 5.69 Å². The predicted molar refractivity (Wildman–Crippen MR) is 134 cm³/mol. The third kappa shape index (κ3) is 4.57. The molecule has 0 atom stereocenters. The van der Waals surface area contributed by atoms with E-state index >= 15 is 0 Å². The molecule has 35 heavy (non-hydrogen) atoms. The molecular weight excluding hydrogens is 491 g/mol. The van der Waals surface area contributed by atoms with Gasteiger partial charge in [-0.05, 0) is 60.7 Å². The summed E-state index contributed by atoms with van der Waals surface area (Å²) in [5.74, 6) is -1.21. The first-order valence-corrected chi connectivity index (χ1v) is 11.1. The van der Waals surface area contributed by atoms with Crippen LogP contribution >= 0.6 is 23.2 Å².